The predicted molar refractivity (Wildman–Crippen MR) is 106 cm³/mol. The van der Waals surface area contributed by atoms with Crippen LogP contribution in [0.15, 0.2) is 41.3 Å². The van der Waals surface area contributed by atoms with E-state index in [1.807, 2.05) is 26.0 Å². The average molecular weight is 420 g/mol. The Labute approximate surface area is 165 Å². The first-order valence-corrected chi connectivity index (χ1v) is 9.72. The van der Waals surface area contributed by atoms with E-state index in [-0.39, 0.29) is 20.8 Å². The third-order valence-corrected chi connectivity index (χ3v) is 5.01. The van der Waals surface area contributed by atoms with Crippen LogP contribution in [0.3, 0.4) is 0 Å². The fourth-order valence-electron chi connectivity index (χ4n) is 2.14. The van der Waals surface area contributed by atoms with Gasteiger partial charge in [0.2, 0.25) is 5.91 Å². The van der Waals surface area contributed by atoms with Gasteiger partial charge in [0.25, 0.3) is 0 Å². The molecule has 1 amide bonds. The fraction of sp³-hybridized carbons (Fsp3) is 0.312. The Bertz CT molecular complexity index is 747. The van der Waals surface area contributed by atoms with Crippen molar-refractivity contribution in [3.8, 4) is 5.69 Å². The van der Waals surface area contributed by atoms with Gasteiger partial charge in [-0.2, -0.15) is 5.10 Å². The zero-order valence-corrected chi connectivity index (χ0v) is 16.8. The first kappa shape index (κ1) is 20.1. The van der Waals surface area contributed by atoms with Gasteiger partial charge < -0.3 is 4.90 Å². The Morgan fingerprint density at radius 2 is 2.24 bits per heavy atom. The van der Waals surface area contributed by atoms with Crippen LogP contribution in [-0.2, 0) is 4.79 Å². The number of aromatic nitrogens is 3. The number of amides is 1. The molecule has 0 aliphatic heterocycles. The van der Waals surface area contributed by atoms with Crippen LogP contribution in [0.4, 0.5) is 5.69 Å². The molecule has 5 nitrogen and oxygen atoms in total. The van der Waals surface area contributed by atoms with E-state index in [0.717, 1.165) is 5.69 Å². The van der Waals surface area contributed by atoms with Gasteiger partial charge in [0.05, 0.1) is 23.3 Å². The molecular formula is C16H17Cl3N4OS. The molecule has 0 fully saturated rings. The largest absolute Gasteiger partial charge is 0.308 e. The summed E-state index contributed by atoms with van der Waals surface area (Å²) < 4.78 is 1.80. The van der Waals surface area contributed by atoms with Gasteiger partial charge in [-0.1, -0.05) is 34.8 Å². The van der Waals surface area contributed by atoms with Crippen molar-refractivity contribution in [2.45, 2.75) is 19.1 Å². The minimum atomic E-state index is -0.276. The summed E-state index contributed by atoms with van der Waals surface area (Å²) in [5, 5.41) is 4.26. The van der Waals surface area contributed by atoms with E-state index >= 15 is 0 Å². The van der Waals surface area contributed by atoms with Crippen molar-refractivity contribution in [1.82, 2.24) is 14.8 Å². The van der Waals surface area contributed by atoms with Crippen molar-refractivity contribution < 1.29 is 4.79 Å². The molecule has 2 rings (SSSR count). The molecule has 0 N–H and O–H groups in total. The van der Waals surface area contributed by atoms with E-state index in [1.165, 1.54) is 11.8 Å². The fourth-order valence-corrected chi connectivity index (χ4v) is 3.53. The molecule has 9 heteroatoms. The van der Waals surface area contributed by atoms with E-state index in [9.17, 15) is 4.79 Å². The molecule has 0 saturated heterocycles. The van der Waals surface area contributed by atoms with Gasteiger partial charge in [-0.05, 0) is 32.1 Å². The standard InChI is InChI=1S/C16H17Cl3N4OS/c1-3-22(16(24)11(2)25-8-6-14(17)18)13-10-23(21-15(13)19)12-5-4-7-20-9-12/h4-7,9-11H,3,8H2,1-2H3. The van der Waals surface area contributed by atoms with E-state index < -0.39 is 0 Å². The Hall–Kier alpha value is -1.21. The van der Waals surface area contributed by atoms with Gasteiger partial charge in [-0.15, -0.1) is 11.8 Å². The summed E-state index contributed by atoms with van der Waals surface area (Å²) in [5.41, 5.74) is 1.33. The van der Waals surface area contributed by atoms with Crippen molar-refractivity contribution in [2.75, 3.05) is 17.2 Å². The predicted octanol–water partition coefficient (Wildman–Crippen LogP) is 4.71. The number of anilines is 1. The average Bonchev–Trinajstić information content (AvgIpc) is 2.97. The zero-order chi connectivity index (χ0) is 18.4. The molecule has 0 bridgehead atoms. The van der Waals surface area contributed by atoms with E-state index in [1.54, 1.807) is 34.2 Å². The molecule has 0 aromatic carbocycles. The van der Waals surface area contributed by atoms with Crippen molar-refractivity contribution in [3.05, 3.63) is 46.4 Å². The normalized spacial score (nSPS) is 11.9. The molecule has 0 spiro atoms. The summed E-state index contributed by atoms with van der Waals surface area (Å²) in [6.45, 7) is 4.21. The maximum atomic E-state index is 12.8. The summed E-state index contributed by atoms with van der Waals surface area (Å²) in [6.07, 6.45) is 6.73. The number of rotatable bonds is 7. The monoisotopic (exact) mass is 418 g/mol. The molecule has 0 radical (unpaired) electrons. The van der Waals surface area contributed by atoms with Crippen molar-refractivity contribution >= 4 is 58.2 Å². The minimum absolute atomic E-state index is 0.0563. The molecule has 25 heavy (non-hydrogen) atoms. The highest BCUT2D eigenvalue weighted by Crippen LogP contribution is 2.28. The molecule has 0 saturated carbocycles. The quantitative estimate of drug-likeness (QED) is 0.652. The van der Waals surface area contributed by atoms with Crippen LogP contribution in [0, 0.1) is 0 Å². The van der Waals surface area contributed by atoms with E-state index in [2.05, 4.69) is 10.1 Å². The Kier molecular flexibility index (Phi) is 7.62. The van der Waals surface area contributed by atoms with Gasteiger partial charge in [-0.3, -0.25) is 9.78 Å². The van der Waals surface area contributed by atoms with Crippen LogP contribution < -0.4 is 4.90 Å². The van der Waals surface area contributed by atoms with Crippen LogP contribution in [0.5, 0.6) is 0 Å². The third kappa shape index (κ3) is 5.38. The number of thioether (sulfide) groups is 1. The maximum Gasteiger partial charge on any atom is 0.239 e. The summed E-state index contributed by atoms with van der Waals surface area (Å²) in [6, 6.07) is 3.67. The highest BCUT2D eigenvalue weighted by atomic mass is 35.5. The number of halogens is 3. The second-order valence-corrected chi connectivity index (χ2v) is 7.75. The smallest absolute Gasteiger partial charge is 0.239 e. The zero-order valence-electron chi connectivity index (χ0n) is 13.7. The SMILES string of the molecule is CCN(C(=O)C(C)SCC=C(Cl)Cl)c1cn(-c2cccnc2)nc1Cl. The molecule has 134 valence electrons. The van der Waals surface area contributed by atoms with Crippen LogP contribution >= 0.6 is 46.6 Å². The lowest BCUT2D eigenvalue weighted by Crippen LogP contribution is -2.36. The molecule has 1 unspecified atom stereocenters. The van der Waals surface area contributed by atoms with Crippen LogP contribution in [0.25, 0.3) is 5.69 Å². The van der Waals surface area contributed by atoms with E-state index in [0.29, 0.717) is 18.0 Å². The van der Waals surface area contributed by atoms with Gasteiger partial charge in [0, 0.05) is 18.5 Å². The van der Waals surface area contributed by atoms with Crippen molar-refractivity contribution in [2.24, 2.45) is 0 Å². The number of hydrogen-bond donors (Lipinski definition) is 0. The summed E-state index contributed by atoms with van der Waals surface area (Å²) in [5.74, 6) is 0.495. The van der Waals surface area contributed by atoms with Gasteiger partial charge >= 0.3 is 0 Å². The second kappa shape index (κ2) is 9.48. The molecule has 2 aromatic rings. The first-order chi connectivity index (χ1) is 11.9. The van der Waals surface area contributed by atoms with Crippen molar-refractivity contribution in [3.63, 3.8) is 0 Å². The number of nitrogens with zero attached hydrogens (tertiary/aromatic N) is 4. The maximum absolute atomic E-state index is 12.8. The third-order valence-electron chi connectivity index (χ3n) is 3.37. The summed E-state index contributed by atoms with van der Waals surface area (Å²) in [7, 11) is 0. The molecular weight excluding hydrogens is 403 g/mol. The van der Waals surface area contributed by atoms with Gasteiger partial charge in [-0.25, -0.2) is 4.68 Å². The van der Waals surface area contributed by atoms with Crippen LogP contribution in [0.1, 0.15) is 13.8 Å². The first-order valence-electron chi connectivity index (χ1n) is 7.53. The van der Waals surface area contributed by atoms with Crippen LogP contribution in [-0.4, -0.2) is 38.2 Å². The second-order valence-electron chi connectivity index (χ2n) is 5.01. The lowest BCUT2D eigenvalue weighted by molar-refractivity contribution is -0.117. The lowest BCUT2D eigenvalue weighted by atomic mass is 10.3. The van der Waals surface area contributed by atoms with Gasteiger partial charge in [0.15, 0.2) is 5.15 Å². The molecule has 0 aliphatic carbocycles. The highest BCUT2D eigenvalue weighted by Gasteiger charge is 2.24. The van der Waals surface area contributed by atoms with E-state index in [4.69, 9.17) is 34.8 Å². The molecule has 1 atom stereocenters. The number of pyridine rings is 1. The number of carbonyl (C=O) groups excluding carboxylic acids is 1. The highest BCUT2D eigenvalue weighted by molar-refractivity contribution is 8.00. The Morgan fingerprint density at radius 3 is 2.84 bits per heavy atom. The summed E-state index contributed by atoms with van der Waals surface area (Å²) in [4.78, 5) is 18.4. The van der Waals surface area contributed by atoms with Crippen molar-refractivity contribution in [1.29, 1.82) is 0 Å². The Balaban J connectivity index is 2.18. The van der Waals surface area contributed by atoms with Crippen LogP contribution in [0.2, 0.25) is 5.15 Å². The summed E-state index contributed by atoms with van der Waals surface area (Å²) >= 11 is 18.9. The lowest BCUT2D eigenvalue weighted by Gasteiger charge is -2.22. The minimum Gasteiger partial charge on any atom is -0.308 e. The topological polar surface area (TPSA) is 51.0 Å². The van der Waals surface area contributed by atoms with Gasteiger partial charge in [0.1, 0.15) is 10.2 Å². The molecule has 2 aromatic heterocycles. The number of carbonyl (C=O) groups is 1. The number of hydrogen-bond acceptors (Lipinski definition) is 4. The molecule has 2 heterocycles. The molecule has 0 aliphatic rings. The Morgan fingerprint density at radius 1 is 1.48 bits per heavy atom.